The number of rotatable bonds is 30. The predicted molar refractivity (Wildman–Crippen MR) is 162 cm³/mol. The molecule has 0 saturated carbocycles. The molecule has 0 heterocycles. The third-order valence-corrected chi connectivity index (χ3v) is 7.78. The number of phosphoric ester groups is 1. The fourth-order valence-electron chi connectivity index (χ4n) is 4.44. The minimum Gasteiger partial charge on any atom is -0.379 e. The first-order valence-corrected chi connectivity index (χ1v) is 17.3. The molecular formula is C30H64N2O6P+. The Hall–Kier alpha value is -0.340. The van der Waals surface area contributed by atoms with E-state index in [1.807, 2.05) is 0 Å². The second-order valence-electron chi connectivity index (χ2n) is 12.1. The highest BCUT2D eigenvalue weighted by molar-refractivity contribution is 7.47. The Morgan fingerprint density at radius 2 is 1.28 bits per heavy atom. The minimum atomic E-state index is -4.20. The molecule has 0 bridgehead atoms. The van der Waals surface area contributed by atoms with Crippen LogP contribution in [-0.2, 0) is 23.1 Å². The highest BCUT2D eigenvalue weighted by Crippen LogP contribution is 2.44. The summed E-state index contributed by atoms with van der Waals surface area (Å²) in [4.78, 5) is 21.4. The normalized spacial score (nSPS) is 14.4. The summed E-state index contributed by atoms with van der Waals surface area (Å²) in [6.07, 6.45) is 21.2. The first-order chi connectivity index (χ1) is 18.6. The van der Waals surface area contributed by atoms with Gasteiger partial charge in [-0.3, -0.25) is 13.8 Å². The van der Waals surface area contributed by atoms with Crippen LogP contribution in [0.1, 0.15) is 123 Å². The average Bonchev–Trinajstić information content (AvgIpc) is 2.85. The monoisotopic (exact) mass is 579 g/mol. The fourth-order valence-corrected chi connectivity index (χ4v) is 5.37. The van der Waals surface area contributed by atoms with Gasteiger partial charge in [-0.2, -0.15) is 0 Å². The second kappa shape index (κ2) is 25.4. The molecule has 2 unspecified atom stereocenters. The van der Waals surface area contributed by atoms with Gasteiger partial charge in [-0.15, -0.1) is 0 Å². The van der Waals surface area contributed by atoms with E-state index in [4.69, 9.17) is 13.8 Å². The number of ketones is 1. The van der Waals surface area contributed by atoms with E-state index in [0.717, 1.165) is 23.9 Å². The van der Waals surface area contributed by atoms with Gasteiger partial charge in [0.25, 0.3) is 0 Å². The van der Waals surface area contributed by atoms with E-state index in [-0.39, 0.29) is 32.1 Å². The van der Waals surface area contributed by atoms with E-state index in [9.17, 15) is 14.3 Å². The number of carbonyl (C=O) groups is 1. The number of unbranched alkanes of at least 4 members (excludes halogenated alkanes) is 15. The third kappa shape index (κ3) is 30.4. The number of ether oxygens (including phenoxy) is 1. The van der Waals surface area contributed by atoms with Gasteiger partial charge in [0, 0.05) is 19.6 Å². The number of nitrogens with zero attached hydrogens (tertiary/aromatic N) is 1. The van der Waals surface area contributed by atoms with Gasteiger partial charge in [0.2, 0.25) is 0 Å². The molecule has 2 N–H and O–H groups in total. The van der Waals surface area contributed by atoms with E-state index in [2.05, 4.69) is 33.4 Å². The molecule has 0 aromatic carbocycles. The van der Waals surface area contributed by atoms with Gasteiger partial charge in [0.15, 0.2) is 0 Å². The molecule has 8 nitrogen and oxygen atoms in total. The van der Waals surface area contributed by atoms with Crippen LogP contribution in [0.2, 0.25) is 0 Å². The molecule has 0 saturated heterocycles. The summed E-state index contributed by atoms with van der Waals surface area (Å²) < 4.78 is 29.4. The van der Waals surface area contributed by atoms with Gasteiger partial charge in [0.05, 0.1) is 47.4 Å². The van der Waals surface area contributed by atoms with Gasteiger partial charge in [0.1, 0.15) is 11.9 Å². The van der Waals surface area contributed by atoms with Gasteiger partial charge < -0.3 is 19.4 Å². The molecule has 0 aromatic heterocycles. The topological polar surface area (TPSA) is 94.1 Å². The van der Waals surface area contributed by atoms with Crippen molar-refractivity contribution in [2.45, 2.75) is 129 Å². The maximum absolute atomic E-state index is 12.4. The predicted octanol–water partition coefficient (Wildman–Crippen LogP) is 7.04. The molecule has 0 aromatic rings. The van der Waals surface area contributed by atoms with Gasteiger partial charge >= 0.3 is 7.82 Å². The van der Waals surface area contributed by atoms with Crippen LogP contribution in [0.3, 0.4) is 0 Å². The number of quaternary nitrogens is 1. The molecule has 0 rings (SSSR count). The molecule has 0 amide bonds. The van der Waals surface area contributed by atoms with Crippen molar-refractivity contribution >= 4 is 13.6 Å². The second-order valence-corrected chi connectivity index (χ2v) is 13.5. The summed E-state index contributed by atoms with van der Waals surface area (Å²) in [5, 5.41) is 2.96. The lowest BCUT2D eigenvalue weighted by Crippen LogP contribution is -2.36. The number of Topliss-reactive ketones (excluding diaryl/α,β-unsaturated/α-hetero) is 1. The summed E-state index contributed by atoms with van der Waals surface area (Å²) >= 11 is 0. The lowest BCUT2D eigenvalue weighted by Gasteiger charge is -2.24. The van der Waals surface area contributed by atoms with Crippen molar-refractivity contribution in [3.63, 3.8) is 0 Å². The Morgan fingerprint density at radius 1 is 0.795 bits per heavy atom. The van der Waals surface area contributed by atoms with E-state index >= 15 is 0 Å². The number of hydrogen-bond donors (Lipinski definition) is 2. The number of nitrogens with one attached hydrogen (secondary N) is 1. The van der Waals surface area contributed by atoms with Crippen LogP contribution >= 0.6 is 7.82 Å². The van der Waals surface area contributed by atoms with Gasteiger partial charge in [-0.05, 0) is 13.3 Å². The van der Waals surface area contributed by atoms with E-state index < -0.39 is 13.9 Å². The van der Waals surface area contributed by atoms with Crippen LogP contribution in [0.15, 0.2) is 0 Å². The summed E-state index contributed by atoms with van der Waals surface area (Å²) in [5.41, 5.74) is 0. The molecule has 0 radical (unpaired) electrons. The van der Waals surface area contributed by atoms with Gasteiger partial charge in [-0.25, -0.2) is 4.57 Å². The van der Waals surface area contributed by atoms with Crippen molar-refractivity contribution in [2.24, 2.45) is 0 Å². The summed E-state index contributed by atoms with van der Waals surface area (Å²) in [6.45, 7) is 5.92. The number of hydrogen-bond acceptors (Lipinski definition) is 6. The van der Waals surface area contributed by atoms with Crippen LogP contribution in [0.25, 0.3) is 0 Å². The largest absolute Gasteiger partial charge is 0.472 e. The standard InChI is InChI=1S/C30H63N2O6P/c1-6-7-8-9-10-11-12-13-14-15-16-17-18-19-20-21-24-36-28-30(27-31-26-29(2)33)38-39(34,35)37-25-22-23-32(3,4)5/h30-31H,6-28H2,1-5H3/p+1. The molecule has 39 heavy (non-hydrogen) atoms. The maximum atomic E-state index is 12.4. The van der Waals surface area contributed by atoms with Crippen molar-refractivity contribution in [3.8, 4) is 0 Å². The Kier molecular flexibility index (Phi) is 25.2. The zero-order valence-corrected chi connectivity index (χ0v) is 27.1. The zero-order chi connectivity index (χ0) is 29.2. The first-order valence-electron chi connectivity index (χ1n) is 15.8. The van der Waals surface area contributed by atoms with Crippen LogP contribution in [0, 0.1) is 0 Å². The maximum Gasteiger partial charge on any atom is 0.472 e. The van der Waals surface area contributed by atoms with E-state index in [0.29, 0.717) is 13.0 Å². The SMILES string of the molecule is CCCCCCCCCCCCCCCCCCOCC(CNCC(C)=O)OP(=O)(O)OCCC[N+](C)(C)C. The van der Waals surface area contributed by atoms with Crippen molar-refractivity contribution < 1.29 is 32.5 Å². The molecule has 9 heteroatoms. The van der Waals surface area contributed by atoms with Gasteiger partial charge in [-0.1, -0.05) is 103 Å². The molecule has 0 aliphatic heterocycles. The van der Waals surface area contributed by atoms with Crippen molar-refractivity contribution in [1.82, 2.24) is 5.32 Å². The molecule has 0 spiro atoms. The van der Waals surface area contributed by atoms with Crippen molar-refractivity contribution in [2.75, 3.05) is 60.6 Å². The Morgan fingerprint density at radius 3 is 1.74 bits per heavy atom. The van der Waals surface area contributed by atoms with Crippen LogP contribution in [-0.4, -0.2) is 81.9 Å². The highest BCUT2D eigenvalue weighted by atomic mass is 31.2. The lowest BCUT2D eigenvalue weighted by molar-refractivity contribution is -0.870. The quantitative estimate of drug-likeness (QED) is 0.0535. The summed E-state index contributed by atoms with van der Waals surface area (Å²) in [7, 11) is 1.97. The summed E-state index contributed by atoms with van der Waals surface area (Å²) in [5.74, 6) is -0.00780. The average molecular weight is 580 g/mol. The van der Waals surface area contributed by atoms with Crippen molar-refractivity contribution in [1.29, 1.82) is 0 Å². The lowest BCUT2D eigenvalue weighted by atomic mass is 10.0. The minimum absolute atomic E-state index is 0.00780. The Labute approximate surface area is 241 Å². The van der Waals surface area contributed by atoms with E-state index in [1.54, 1.807) is 0 Å². The summed E-state index contributed by atoms with van der Waals surface area (Å²) in [6, 6.07) is 0. The Balaban J connectivity index is 3.88. The van der Waals surface area contributed by atoms with Crippen LogP contribution in [0.4, 0.5) is 0 Å². The highest BCUT2D eigenvalue weighted by Gasteiger charge is 2.27. The molecule has 0 fully saturated rings. The van der Waals surface area contributed by atoms with E-state index in [1.165, 1.54) is 96.8 Å². The Bertz CT molecular complexity index is 615. The molecule has 0 aliphatic carbocycles. The first kappa shape index (κ1) is 38.7. The molecule has 2 atom stereocenters. The third-order valence-electron chi connectivity index (χ3n) is 6.70. The molecule has 0 aliphatic rings. The molecule has 234 valence electrons. The molecular weight excluding hydrogens is 515 g/mol. The zero-order valence-electron chi connectivity index (χ0n) is 26.2. The number of phosphoric acid groups is 1. The smallest absolute Gasteiger partial charge is 0.379 e. The van der Waals surface area contributed by atoms with Crippen LogP contribution in [0.5, 0.6) is 0 Å². The van der Waals surface area contributed by atoms with Crippen LogP contribution < -0.4 is 5.32 Å². The number of carbonyl (C=O) groups excluding carboxylic acids is 1. The van der Waals surface area contributed by atoms with Crippen molar-refractivity contribution in [3.05, 3.63) is 0 Å². The fraction of sp³-hybridized carbons (Fsp3) is 0.967.